The van der Waals surface area contributed by atoms with Crippen molar-refractivity contribution in [2.45, 2.75) is 104 Å². The lowest BCUT2D eigenvalue weighted by molar-refractivity contribution is -0.152. The number of ether oxygens (including phenoxy) is 1. The largest absolute Gasteiger partial charge is 0.494 e. The Kier molecular flexibility index (Phi) is 5.47. The lowest BCUT2D eigenvalue weighted by atomic mass is 9.40. The van der Waals surface area contributed by atoms with Crippen molar-refractivity contribution in [2.75, 3.05) is 0 Å². The Hall–Kier alpha value is -1.81. The first-order valence-electron chi connectivity index (χ1n) is 13.4. The molecule has 0 aromatic rings. The average Bonchev–Trinajstić information content (AvgIpc) is 3.26. The quantitative estimate of drug-likeness (QED) is 0.478. The molecule has 0 aromatic heterocycles. The third kappa shape index (κ3) is 3.16. The van der Waals surface area contributed by atoms with Gasteiger partial charge in [-0.15, -0.1) is 0 Å². The molecule has 33 heavy (non-hydrogen) atoms. The predicted octanol–water partition coefficient (Wildman–Crippen LogP) is 6.72. The second kappa shape index (κ2) is 7.86. The molecule has 0 N–H and O–H groups in total. The van der Waals surface area contributed by atoms with E-state index in [1.807, 2.05) is 0 Å². The van der Waals surface area contributed by atoms with Crippen molar-refractivity contribution >= 4 is 5.78 Å². The minimum Gasteiger partial charge on any atom is -0.494 e. The minimum atomic E-state index is -0.439. The summed E-state index contributed by atoms with van der Waals surface area (Å²) in [6.45, 7) is 9.37. The number of hydrogen-bond acceptors (Lipinski definition) is 4. The van der Waals surface area contributed by atoms with Crippen molar-refractivity contribution in [3.05, 3.63) is 11.3 Å². The van der Waals surface area contributed by atoms with E-state index in [4.69, 9.17) is 10.00 Å². The fourth-order valence-corrected chi connectivity index (χ4v) is 9.52. The van der Waals surface area contributed by atoms with Crippen molar-refractivity contribution in [1.82, 2.24) is 0 Å². The summed E-state index contributed by atoms with van der Waals surface area (Å²) in [6, 6.07) is 5.00. The zero-order valence-electron chi connectivity index (χ0n) is 21.0. The minimum absolute atomic E-state index is 0.0224. The summed E-state index contributed by atoms with van der Waals surface area (Å²) < 4.78 is 6.65. The smallest absolute Gasteiger partial charge is 0.134 e. The molecule has 178 valence electrons. The molecule has 1 unspecified atom stereocenters. The third-order valence-electron chi connectivity index (χ3n) is 11.4. The van der Waals surface area contributed by atoms with Crippen LogP contribution < -0.4 is 0 Å². The van der Waals surface area contributed by atoms with E-state index < -0.39 is 5.41 Å². The molecule has 0 radical (unpaired) electrons. The Morgan fingerprint density at radius 2 is 1.94 bits per heavy atom. The summed E-state index contributed by atoms with van der Waals surface area (Å²) in [5.74, 6) is 4.33. The summed E-state index contributed by atoms with van der Waals surface area (Å²) in [4.78, 5) is 12.4. The normalized spacial score (nSPS) is 46.8. The molecular formula is C29H40N2O2. The number of fused-ring (bicyclic) bond motifs is 7. The van der Waals surface area contributed by atoms with Crippen LogP contribution in [0.2, 0.25) is 0 Å². The van der Waals surface area contributed by atoms with Crippen molar-refractivity contribution in [3.63, 3.8) is 0 Å². The molecule has 1 aliphatic heterocycles. The van der Waals surface area contributed by atoms with Gasteiger partial charge in [-0.2, -0.15) is 10.5 Å². The summed E-state index contributed by atoms with van der Waals surface area (Å²) in [6.07, 6.45) is 10.5. The topological polar surface area (TPSA) is 73.9 Å². The third-order valence-corrected chi connectivity index (χ3v) is 11.4. The summed E-state index contributed by atoms with van der Waals surface area (Å²) >= 11 is 0. The van der Waals surface area contributed by atoms with Gasteiger partial charge in [-0.1, -0.05) is 20.8 Å². The van der Waals surface area contributed by atoms with Crippen LogP contribution in [0.3, 0.4) is 0 Å². The molecule has 0 bridgehead atoms. The number of ketones is 1. The van der Waals surface area contributed by atoms with Gasteiger partial charge in [0.05, 0.1) is 23.3 Å². The zero-order chi connectivity index (χ0) is 23.6. The number of nitriles is 2. The van der Waals surface area contributed by atoms with Crippen molar-refractivity contribution in [3.8, 4) is 12.1 Å². The van der Waals surface area contributed by atoms with Gasteiger partial charge >= 0.3 is 0 Å². The number of rotatable bonds is 4. The average molecular weight is 449 g/mol. The van der Waals surface area contributed by atoms with Gasteiger partial charge in [0.25, 0.3) is 0 Å². The van der Waals surface area contributed by atoms with E-state index in [0.717, 1.165) is 38.5 Å². The fourth-order valence-electron chi connectivity index (χ4n) is 9.52. The Morgan fingerprint density at radius 3 is 2.67 bits per heavy atom. The van der Waals surface area contributed by atoms with Crippen LogP contribution in [0.15, 0.2) is 11.3 Å². The second-order valence-electron chi connectivity index (χ2n) is 12.8. The number of hydrogen-bond donors (Lipinski definition) is 0. The molecule has 5 aliphatic rings. The predicted molar refractivity (Wildman–Crippen MR) is 126 cm³/mol. The molecule has 0 amide bonds. The van der Waals surface area contributed by atoms with Gasteiger partial charge < -0.3 is 4.74 Å². The van der Waals surface area contributed by atoms with Crippen LogP contribution >= 0.6 is 0 Å². The molecule has 9 atom stereocenters. The molecule has 4 nitrogen and oxygen atoms in total. The second-order valence-corrected chi connectivity index (χ2v) is 12.8. The SMILES string of the molecule is CC1=C(CCC(C)CC#N)O[C@H]2C[C@H]3[C@@H]4CC[C@@]5(C#N)CC(=O)CC[C@]5(C)[C@H]4CC[C@]3(C)[C@@H]12. The Labute approximate surface area is 199 Å². The maximum Gasteiger partial charge on any atom is 0.134 e. The van der Waals surface area contributed by atoms with Crippen LogP contribution in [0, 0.1) is 68.5 Å². The van der Waals surface area contributed by atoms with Gasteiger partial charge in [0.2, 0.25) is 0 Å². The number of allylic oxidation sites excluding steroid dienone is 1. The first-order valence-corrected chi connectivity index (χ1v) is 13.4. The van der Waals surface area contributed by atoms with Gasteiger partial charge in [0.1, 0.15) is 11.9 Å². The zero-order valence-corrected chi connectivity index (χ0v) is 21.0. The molecule has 5 rings (SSSR count). The lowest BCUT2D eigenvalue weighted by Gasteiger charge is -2.62. The highest BCUT2D eigenvalue weighted by Gasteiger charge is 2.67. The molecule has 4 saturated carbocycles. The maximum atomic E-state index is 12.4. The molecular weight excluding hydrogens is 408 g/mol. The van der Waals surface area contributed by atoms with E-state index >= 15 is 0 Å². The summed E-state index contributed by atoms with van der Waals surface area (Å²) in [5.41, 5.74) is 1.30. The van der Waals surface area contributed by atoms with E-state index in [1.54, 1.807) is 0 Å². The fraction of sp³-hybridized carbons (Fsp3) is 0.828. The highest BCUT2D eigenvalue weighted by Crippen LogP contribution is 2.72. The van der Waals surface area contributed by atoms with Crippen molar-refractivity contribution < 1.29 is 9.53 Å². The van der Waals surface area contributed by atoms with Gasteiger partial charge in [0, 0.05) is 31.6 Å². The van der Waals surface area contributed by atoms with Gasteiger partial charge in [-0.05, 0) is 91.9 Å². The van der Waals surface area contributed by atoms with Crippen LogP contribution in [0.1, 0.15) is 98.3 Å². The standard InChI is InChI=1S/C29H40N2O2/c1-18(10-14-30)5-6-24-19(2)26-25(33-24)15-23-21-8-13-29(17-31)16-20(32)7-12-28(29,4)22(21)9-11-27(23,26)3/h18,21-23,25-26H,5-13,15-16H2,1-4H3/t18?,21-,22+,23+,25+,26+,27+,28-,29+/m1/s1. The molecule has 1 heterocycles. The van der Waals surface area contributed by atoms with Gasteiger partial charge in [-0.25, -0.2) is 0 Å². The molecule has 4 heteroatoms. The van der Waals surface area contributed by atoms with Crippen LogP contribution in [-0.4, -0.2) is 11.9 Å². The van der Waals surface area contributed by atoms with E-state index in [1.165, 1.54) is 24.2 Å². The highest BCUT2D eigenvalue weighted by molar-refractivity contribution is 5.81. The first kappa shape index (κ1) is 23.0. The number of carbonyl (C=O) groups is 1. The molecule has 0 aromatic carbocycles. The maximum absolute atomic E-state index is 12.4. The number of Topliss-reactive ketones (excluding diaryl/α,β-unsaturated/α-hetero) is 1. The Balaban J connectivity index is 1.38. The lowest BCUT2D eigenvalue weighted by Crippen LogP contribution is -2.58. The molecule has 4 aliphatic carbocycles. The van der Waals surface area contributed by atoms with Crippen molar-refractivity contribution in [1.29, 1.82) is 10.5 Å². The van der Waals surface area contributed by atoms with Gasteiger partial charge in [-0.3, -0.25) is 4.79 Å². The van der Waals surface area contributed by atoms with E-state index in [2.05, 4.69) is 39.8 Å². The van der Waals surface area contributed by atoms with Crippen LogP contribution in [0.5, 0.6) is 0 Å². The number of nitrogens with zero attached hydrogens (tertiary/aromatic N) is 2. The molecule has 0 spiro atoms. The van der Waals surface area contributed by atoms with Crippen molar-refractivity contribution in [2.24, 2.45) is 45.8 Å². The summed E-state index contributed by atoms with van der Waals surface area (Å²) in [7, 11) is 0. The molecule has 0 saturated heterocycles. The number of carbonyl (C=O) groups excluding carboxylic acids is 1. The monoisotopic (exact) mass is 448 g/mol. The van der Waals surface area contributed by atoms with E-state index in [9.17, 15) is 10.1 Å². The first-order chi connectivity index (χ1) is 15.7. The van der Waals surface area contributed by atoms with Crippen LogP contribution in [0.25, 0.3) is 0 Å². The van der Waals surface area contributed by atoms with E-state index in [-0.39, 0.29) is 10.8 Å². The Bertz CT molecular complexity index is 956. The Morgan fingerprint density at radius 1 is 1.15 bits per heavy atom. The molecule has 4 fully saturated rings. The highest BCUT2D eigenvalue weighted by atomic mass is 16.5. The summed E-state index contributed by atoms with van der Waals surface area (Å²) in [5, 5.41) is 19.2. The van der Waals surface area contributed by atoms with Crippen LogP contribution in [-0.2, 0) is 9.53 Å². The van der Waals surface area contributed by atoms with E-state index in [0.29, 0.717) is 60.7 Å². The van der Waals surface area contributed by atoms with Gasteiger partial charge in [0.15, 0.2) is 0 Å². The van der Waals surface area contributed by atoms with Crippen LogP contribution in [0.4, 0.5) is 0 Å².